The van der Waals surface area contributed by atoms with Gasteiger partial charge in [-0.15, -0.1) is 0 Å². The van der Waals surface area contributed by atoms with Gasteiger partial charge in [0.25, 0.3) is 0 Å². The lowest BCUT2D eigenvalue weighted by Gasteiger charge is -2.25. The van der Waals surface area contributed by atoms with Crippen LogP contribution in [0.4, 0.5) is 11.4 Å². The molecule has 2 bridgehead atoms. The molecule has 0 N–H and O–H groups in total. The molecule has 0 radical (unpaired) electrons. The third kappa shape index (κ3) is 2.24. The maximum absolute atomic E-state index is 13.0. The summed E-state index contributed by atoms with van der Waals surface area (Å²) in [4.78, 5) is 48.7. The number of amides is 2. The van der Waals surface area contributed by atoms with Gasteiger partial charge < -0.3 is 9.47 Å². The van der Waals surface area contributed by atoms with Crippen LogP contribution in [0, 0.1) is 22.0 Å². The number of carbonyl (C=O) groups is 3. The Labute approximate surface area is 153 Å². The SMILES string of the molecule is CC(=O)Oc1ccc(N2C(=O)[C@H]3[C@H](C2=O)[C@@]2(C)C=C[C@@]3(C)O2)cc1[N+](=O)[O-]. The first-order valence-corrected chi connectivity index (χ1v) is 8.33. The van der Waals surface area contributed by atoms with E-state index in [0.717, 1.165) is 17.9 Å². The van der Waals surface area contributed by atoms with Crippen molar-refractivity contribution >= 4 is 29.2 Å². The largest absolute Gasteiger partial charge is 0.419 e. The number of nitrogens with zero attached hydrogens (tertiary/aromatic N) is 2. The Balaban J connectivity index is 1.76. The van der Waals surface area contributed by atoms with Crippen LogP contribution in [-0.2, 0) is 19.1 Å². The zero-order chi connectivity index (χ0) is 19.7. The number of nitro benzene ring substituents is 1. The van der Waals surface area contributed by atoms with Gasteiger partial charge in [-0.1, -0.05) is 12.2 Å². The van der Waals surface area contributed by atoms with E-state index in [0.29, 0.717) is 0 Å². The summed E-state index contributed by atoms with van der Waals surface area (Å²) in [6.45, 7) is 4.62. The highest BCUT2D eigenvalue weighted by Crippen LogP contribution is 2.57. The maximum Gasteiger partial charge on any atom is 0.313 e. The first-order chi connectivity index (χ1) is 12.6. The van der Waals surface area contributed by atoms with Crippen LogP contribution in [0.5, 0.6) is 5.75 Å². The van der Waals surface area contributed by atoms with Crippen molar-refractivity contribution in [2.75, 3.05) is 4.90 Å². The molecule has 3 aliphatic rings. The van der Waals surface area contributed by atoms with E-state index in [1.165, 1.54) is 12.1 Å². The average Bonchev–Trinajstić information content (AvgIpc) is 3.11. The van der Waals surface area contributed by atoms with Gasteiger partial charge in [0.15, 0.2) is 0 Å². The number of hydrogen-bond acceptors (Lipinski definition) is 7. The van der Waals surface area contributed by atoms with Crippen molar-refractivity contribution in [3.63, 3.8) is 0 Å². The minimum atomic E-state index is -0.884. The van der Waals surface area contributed by atoms with Crippen molar-refractivity contribution in [3.8, 4) is 5.75 Å². The van der Waals surface area contributed by atoms with Crippen LogP contribution in [0.15, 0.2) is 30.4 Å². The molecule has 0 aliphatic carbocycles. The van der Waals surface area contributed by atoms with Crippen LogP contribution in [-0.4, -0.2) is 33.9 Å². The summed E-state index contributed by atoms with van der Waals surface area (Å²) in [7, 11) is 0. The number of benzene rings is 1. The molecule has 0 spiro atoms. The Morgan fingerprint density at radius 2 is 1.74 bits per heavy atom. The molecule has 1 aromatic rings. The van der Waals surface area contributed by atoms with Crippen LogP contribution < -0.4 is 9.64 Å². The molecule has 2 amide bonds. The summed E-state index contributed by atoms with van der Waals surface area (Å²) in [6, 6.07) is 3.62. The van der Waals surface area contributed by atoms with Crippen molar-refractivity contribution in [1.82, 2.24) is 0 Å². The van der Waals surface area contributed by atoms with E-state index >= 15 is 0 Å². The molecule has 4 atom stereocenters. The van der Waals surface area contributed by atoms with Gasteiger partial charge >= 0.3 is 11.7 Å². The van der Waals surface area contributed by atoms with Gasteiger partial charge in [0.05, 0.1) is 33.6 Å². The molecule has 0 saturated carbocycles. The van der Waals surface area contributed by atoms with E-state index in [-0.39, 0.29) is 11.4 Å². The number of nitro groups is 1. The second-order valence-electron chi connectivity index (χ2n) is 7.27. The Hall–Kier alpha value is -3.07. The molecule has 0 unspecified atom stereocenters. The quantitative estimate of drug-likeness (QED) is 0.198. The summed E-state index contributed by atoms with van der Waals surface area (Å²) in [6.07, 6.45) is 3.57. The van der Waals surface area contributed by atoms with E-state index in [4.69, 9.17) is 9.47 Å². The molecular weight excluding hydrogens is 356 g/mol. The zero-order valence-electron chi connectivity index (χ0n) is 14.8. The Bertz CT molecular complexity index is 919. The molecule has 3 heterocycles. The molecule has 2 fully saturated rings. The first-order valence-electron chi connectivity index (χ1n) is 8.33. The fourth-order valence-corrected chi connectivity index (χ4v) is 4.31. The number of rotatable bonds is 3. The van der Waals surface area contributed by atoms with Crippen LogP contribution in [0.25, 0.3) is 0 Å². The monoisotopic (exact) mass is 372 g/mol. The second-order valence-corrected chi connectivity index (χ2v) is 7.27. The van der Waals surface area contributed by atoms with Gasteiger partial charge in [-0.05, 0) is 26.0 Å². The number of carbonyl (C=O) groups excluding carboxylic acids is 3. The van der Waals surface area contributed by atoms with Gasteiger partial charge in [-0.3, -0.25) is 24.5 Å². The number of fused-ring (bicyclic) bond motifs is 5. The summed E-state index contributed by atoms with van der Waals surface area (Å²) in [5.74, 6) is -3.27. The highest BCUT2D eigenvalue weighted by atomic mass is 16.6. The van der Waals surface area contributed by atoms with E-state index in [1.54, 1.807) is 26.0 Å². The van der Waals surface area contributed by atoms with Crippen LogP contribution in [0.2, 0.25) is 0 Å². The van der Waals surface area contributed by atoms with Gasteiger partial charge in [-0.25, -0.2) is 4.90 Å². The lowest BCUT2D eigenvalue weighted by atomic mass is 9.73. The molecule has 0 aromatic heterocycles. The standard InChI is InChI=1S/C18H16N2O7/c1-9(21)26-12-5-4-10(8-11(12)20(24)25)19-15(22)13-14(16(19)23)18(3)7-6-17(13,2)27-18/h4-8,13-14H,1-3H3/t13-,14-,17-,18-/m1/s1. The molecule has 3 aliphatic heterocycles. The summed E-state index contributed by atoms with van der Waals surface area (Å²) < 4.78 is 10.7. The topological polar surface area (TPSA) is 116 Å². The summed E-state index contributed by atoms with van der Waals surface area (Å²) in [5.41, 5.74) is -2.21. The van der Waals surface area contributed by atoms with Crippen molar-refractivity contribution in [2.45, 2.75) is 32.0 Å². The zero-order valence-corrected chi connectivity index (χ0v) is 14.8. The molecule has 9 nitrogen and oxygen atoms in total. The molecular formula is C18H16N2O7. The smallest absolute Gasteiger partial charge is 0.313 e. The highest BCUT2D eigenvalue weighted by molar-refractivity contribution is 6.23. The predicted molar refractivity (Wildman–Crippen MR) is 90.9 cm³/mol. The van der Waals surface area contributed by atoms with Gasteiger partial charge in [0, 0.05) is 13.0 Å². The Morgan fingerprint density at radius 1 is 1.19 bits per heavy atom. The van der Waals surface area contributed by atoms with Gasteiger partial charge in [-0.2, -0.15) is 0 Å². The van der Waals surface area contributed by atoms with Crippen LogP contribution >= 0.6 is 0 Å². The van der Waals surface area contributed by atoms with Crippen molar-refractivity contribution < 1.29 is 28.8 Å². The van der Waals surface area contributed by atoms with Gasteiger partial charge in [0.2, 0.25) is 17.6 Å². The maximum atomic E-state index is 13.0. The minimum absolute atomic E-state index is 0.0635. The van der Waals surface area contributed by atoms with Crippen LogP contribution in [0.3, 0.4) is 0 Å². The molecule has 2 saturated heterocycles. The molecule has 1 aromatic carbocycles. The Kier molecular flexibility index (Phi) is 3.36. The highest BCUT2D eigenvalue weighted by Gasteiger charge is 2.70. The van der Waals surface area contributed by atoms with E-state index in [1.807, 2.05) is 0 Å². The number of anilines is 1. The fraction of sp³-hybridized carbons (Fsp3) is 0.389. The third-order valence-electron chi connectivity index (χ3n) is 5.38. The lowest BCUT2D eigenvalue weighted by molar-refractivity contribution is -0.385. The average molecular weight is 372 g/mol. The first kappa shape index (κ1) is 17.3. The number of hydrogen-bond donors (Lipinski definition) is 0. The van der Waals surface area contributed by atoms with E-state index < -0.39 is 51.4 Å². The third-order valence-corrected chi connectivity index (χ3v) is 5.38. The normalized spacial score (nSPS) is 33.5. The number of imide groups is 1. The predicted octanol–water partition coefficient (Wildman–Crippen LogP) is 1.74. The minimum Gasteiger partial charge on any atom is -0.419 e. The summed E-state index contributed by atoms with van der Waals surface area (Å²) in [5, 5.41) is 11.3. The second kappa shape index (κ2) is 5.23. The Morgan fingerprint density at radius 3 is 2.22 bits per heavy atom. The lowest BCUT2D eigenvalue weighted by Crippen LogP contribution is -2.39. The number of ether oxygens (including phenoxy) is 2. The molecule has 140 valence electrons. The van der Waals surface area contributed by atoms with Crippen molar-refractivity contribution in [1.29, 1.82) is 0 Å². The molecule has 4 rings (SSSR count). The van der Waals surface area contributed by atoms with Crippen LogP contribution in [0.1, 0.15) is 20.8 Å². The molecule has 27 heavy (non-hydrogen) atoms. The number of esters is 1. The van der Waals surface area contributed by atoms with E-state index in [9.17, 15) is 24.5 Å². The van der Waals surface area contributed by atoms with Crippen molar-refractivity contribution in [3.05, 3.63) is 40.5 Å². The van der Waals surface area contributed by atoms with Gasteiger partial charge in [0.1, 0.15) is 0 Å². The molecule has 9 heteroatoms. The van der Waals surface area contributed by atoms with E-state index in [2.05, 4.69) is 0 Å². The fourth-order valence-electron chi connectivity index (χ4n) is 4.31. The summed E-state index contributed by atoms with van der Waals surface area (Å²) >= 11 is 0. The van der Waals surface area contributed by atoms with Crippen molar-refractivity contribution in [2.24, 2.45) is 11.8 Å².